The first-order chi connectivity index (χ1) is 13.8. The molecule has 11 heteroatoms. The van der Waals surface area contributed by atoms with Gasteiger partial charge in [0.2, 0.25) is 11.8 Å². The van der Waals surface area contributed by atoms with Gasteiger partial charge in [-0.2, -0.15) is 0 Å². The van der Waals surface area contributed by atoms with Crippen molar-refractivity contribution >= 4 is 11.8 Å². The highest BCUT2D eigenvalue weighted by molar-refractivity contribution is 5.76. The van der Waals surface area contributed by atoms with Gasteiger partial charge in [0, 0.05) is 34.2 Å². The monoisotopic (exact) mass is 422 g/mol. The summed E-state index contributed by atoms with van der Waals surface area (Å²) in [5, 5.41) is 34.7. The van der Waals surface area contributed by atoms with Crippen molar-refractivity contribution in [3.8, 4) is 0 Å². The van der Waals surface area contributed by atoms with Crippen LogP contribution in [0.1, 0.15) is 26.2 Å². The number of nitrogens with one attached hydrogen (secondary N) is 2. The van der Waals surface area contributed by atoms with Gasteiger partial charge in [-0.1, -0.05) is 0 Å². The first kappa shape index (κ1) is 25.7. The average molecular weight is 422 g/mol. The molecule has 0 saturated carbocycles. The molecule has 1 aliphatic rings. The fraction of sp³-hybridized carbons (Fsp3) is 0.889. The van der Waals surface area contributed by atoms with Crippen LogP contribution < -0.4 is 10.6 Å². The van der Waals surface area contributed by atoms with Crippen LogP contribution in [0.2, 0.25) is 0 Å². The van der Waals surface area contributed by atoms with Crippen LogP contribution in [0.4, 0.5) is 0 Å². The first-order valence-electron chi connectivity index (χ1n) is 9.62. The number of amides is 2. The molecule has 1 fully saturated rings. The van der Waals surface area contributed by atoms with Gasteiger partial charge in [-0.15, -0.1) is 0 Å². The lowest BCUT2D eigenvalue weighted by molar-refractivity contribution is -0.270. The van der Waals surface area contributed by atoms with Crippen molar-refractivity contribution in [2.24, 2.45) is 0 Å². The second-order valence-electron chi connectivity index (χ2n) is 6.94. The zero-order valence-electron chi connectivity index (χ0n) is 17.2. The van der Waals surface area contributed by atoms with E-state index in [2.05, 4.69) is 10.6 Å². The molecule has 1 rings (SSSR count). The Kier molecular flexibility index (Phi) is 12.2. The lowest BCUT2D eigenvalue weighted by Crippen LogP contribution is -2.64. The molecule has 3 unspecified atom stereocenters. The third kappa shape index (κ3) is 8.91. The van der Waals surface area contributed by atoms with Crippen molar-refractivity contribution < 1.29 is 43.9 Å². The predicted molar refractivity (Wildman–Crippen MR) is 101 cm³/mol. The standard InChI is InChI=1S/C18H34N2O9/c1-11(22)19-15-17(25)16(24)13(8-21)29-18(15)28-7-5-4-6-14(23)20-12(9-26-2)10-27-3/h12-13,15-18,21,24-25H,4-10H2,1-3H3,(H,19,22)(H,20,23)/t13?,15?,16-,17?,18+/m0/s1. The number of rotatable bonds is 13. The van der Waals surface area contributed by atoms with Crippen molar-refractivity contribution in [3.05, 3.63) is 0 Å². The van der Waals surface area contributed by atoms with E-state index >= 15 is 0 Å². The van der Waals surface area contributed by atoms with Crippen LogP contribution in [0.5, 0.6) is 0 Å². The normalized spacial score (nSPS) is 27.1. The molecule has 0 aromatic heterocycles. The molecule has 1 heterocycles. The molecule has 2 amide bonds. The average Bonchev–Trinajstić information content (AvgIpc) is 2.66. The largest absolute Gasteiger partial charge is 0.394 e. The molecule has 0 aromatic rings. The molecule has 11 nitrogen and oxygen atoms in total. The lowest BCUT2D eigenvalue weighted by atomic mass is 9.97. The smallest absolute Gasteiger partial charge is 0.220 e. The minimum absolute atomic E-state index is 0.131. The highest BCUT2D eigenvalue weighted by atomic mass is 16.7. The Morgan fingerprint density at radius 3 is 2.31 bits per heavy atom. The van der Waals surface area contributed by atoms with Gasteiger partial charge in [0.1, 0.15) is 24.4 Å². The van der Waals surface area contributed by atoms with E-state index in [1.54, 1.807) is 14.2 Å². The van der Waals surface area contributed by atoms with Gasteiger partial charge in [0.05, 0.1) is 25.9 Å². The van der Waals surface area contributed by atoms with Gasteiger partial charge in [-0.05, 0) is 12.8 Å². The highest BCUT2D eigenvalue weighted by Gasteiger charge is 2.45. The van der Waals surface area contributed by atoms with Crippen LogP contribution in [0.3, 0.4) is 0 Å². The number of unbranched alkanes of at least 4 members (excludes halogenated alkanes) is 1. The molecule has 0 spiro atoms. The predicted octanol–water partition coefficient (Wildman–Crippen LogP) is -2.11. The summed E-state index contributed by atoms with van der Waals surface area (Å²) in [6.45, 7) is 1.68. The Balaban J connectivity index is 2.41. The topological polar surface area (TPSA) is 156 Å². The van der Waals surface area contributed by atoms with E-state index in [4.69, 9.17) is 18.9 Å². The van der Waals surface area contributed by atoms with Gasteiger partial charge in [-0.25, -0.2) is 0 Å². The van der Waals surface area contributed by atoms with Gasteiger partial charge >= 0.3 is 0 Å². The number of carbonyl (C=O) groups is 2. The van der Waals surface area contributed by atoms with Crippen molar-refractivity contribution in [1.29, 1.82) is 0 Å². The van der Waals surface area contributed by atoms with Gasteiger partial charge in [-0.3, -0.25) is 9.59 Å². The van der Waals surface area contributed by atoms with Crippen molar-refractivity contribution in [2.75, 3.05) is 40.6 Å². The summed E-state index contributed by atoms with van der Waals surface area (Å²) in [5.41, 5.74) is 0. The Labute approximate surface area is 170 Å². The fourth-order valence-electron chi connectivity index (χ4n) is 3.03. The second-order valence-corrected chi connectivity index (χ2v) is 6.94. The van der Waals surface area contributed by atoms with E-state index in [9.17, 15) is 24.9 Å². The lowest BCUT2D eigenvalue weighted by Gasteiger charge is -2.42. The van der Waals surface area contributed by atoms with Crippen molar-refractivity contribution in [2.45, 2.75) is 62.9 Å². The van der Waals surface area contributed by atoms with E-state index < -0.39 is 43.2 Å². The number of aliphatic hydroxyl groups is 3. The number of carbonyl (C=O) groups excluding carboxylic acids is 2. The number of aliphatic hydroxyl groups excluding tert-OH is 3. The van der Waals surface area contributed by atoms with E-state index in [1.807, 2.05) is 0 Å². The summed E-state index contributed by atoms with van der Waals surface area (Å²) in [6.07, 6.45) is -3.40. The zero-order chi connectivity index (χ0) is 21.8. The Morgan fingerprint density at radius 1 is 1.10 bits per heavy atom. The quantitative estimate of drug-likeness (QED) is 0.210. The van der Waals surface area contributed by atoms with E-state index in [1.165, 1.54) is 6.92 Å². The molecular formula is C18H34N2O9. The Morgan fingerprint density at radius 2 is 1.76 bits per heavy atom. The Bertz CT molecular complexity index is 488. The van der Waals surface area contributed by atoms with Crippen LogP contribution in [0.15, 0.2) is 0 Å². The van der Waals surface area contributed by atoms with E-state index in [0.717, 1.165) is 0 Å². The molecule has 0 bridgehead atoms. The molecular weight excluding hydrogens is 388 g/mol. The third-order valence-electron chi connectivity index (χ3n) is 4.43. The van der Waals surface area contributed by atoms with Crippen LogP contribution in [-0.2, 0) is 28.5 Å². The summed E-state index contributed by atoms with van der Waals surface area (Å²) in [4.78, 5) is 23.3. The van der Waals surface area contributed by atoms with Crippen molar-refractivity contribution in [3.63, 3.8) is 0 Å². The molecule has 5 N–H and O–H groups in total. The summed E-state index contributed by atoms with van der Waals surface area (Å²) >= 11 is 0. The minimum Gasteiger partial charge on any atom is -0.394 e. The second kappa shape index (κ2) is 13.8. The van der Waals surface area contributed by atoms with Crippen LogP contribution in [0, 0.1) is 0 Å². The summed E-state index contributed by atoms with van der Waals surface area (Å²) in [5.74, 6) is -0.549. The summed E-state index contributed by atoms with van der Waals surface area (Å²) < 4.78 is 21.1. The number of hydrogen-bond acceptors (Lipinski definition) is 9. The molecule has 0 radical (unpaired) electrons. The maximum Gasteiger partial charge on any atom is 0.220 e. The van der Waals surface area contributed by atoms with Crippen LogP contribution in [-0.4, -0.2) is 104 Å². The molecule has 1 saturated heterocycles. The Hall–Kier alpha value is -1.34. The molecule has 1 aliphatic heterocycles. The summed E-state index contributed by atoms with van der Waals surface area (Å²) in [6, 6.07) is -1.19. The van der Waals surface area contributed by atoms with Crippen LogP contribution in [0.25, 0.3) is 0 Å². The zero-order valence-corrected chi connectivity index (χ0v) is 17.2. The SMILES string of the molecule is COCC(COC)NC(=O)CCCCO[C@@H]1OC(CO)[C@H](O)C(O)C1NC(C)=O. The molecule has 0 aliphatic carbocycles. The first-order valence-corrected chi connectivity index (χ1v) is 9.62. The number of methoxy groups -OCH3 is 2. The number of hydrogen-bond donors (Lipinski definition) is 5. The molecule has 0 aromatic carbocycles. The maximum absolute atomic E-state index is 12.0. The highest BCUT2D eigenvalue weighted by Crippen LogP contribution is 2.22. The van der Waals surface area contributed by atoms with Gasteiger partial charge < -0.3 is 44.9 Å². The van der Waals surface area contributed by atoms with Crippen molar-refractivity contribution in [1.82, 2.24) is 10.6 Å². The number of ether oxygens (including phenoxy) is 4. The third-order valence-corrected chi connectivity index (χ3v) is 4.43. The fourth-order valence-corrected chi connectivity index (χ4v) is 3.03. The molecule has 5 atom stereocenters. The minimum atomic E-state index is -1.35. The molecule has 170 valence electrons. The van der Waals surface area contributed by atoms with Crippen LogP contribution >= 0.6 is 0 Å². The van der Waals surface area contributed by atoms with E-state index in [-0.39, 0.29) is 25.0 Å². The maximum atomic E-state index is 12.0. The molecule has 29 heavy (non-hydrogen) atoms. The van der Waals surface area contributed by atoms with Gasteiger partial charge in [0.15, 0.2) is 6.29 Å². The van der Waals surface area contributed by atoms with Gasteiger partial charge in [0.25, 0.3) is 0 Å². The van der Waals surface area contributed by atoms with E-state index in [0.29, 0.717) is 26.1 Å². The summed E-state index contributed by atoms with van der Waals surface area (Å²) in [7, 11) is 3.09.